The maximum absolute atomic E-state index is 12.1. The number of rotatable bonds is 4. The number of amides is 1. The van der Waals surface area contributed by atoms with Crippen LogP contribution in [0, 0.1) is 10.1 Å². The number of nitrogens with zero attached hydrogens (tertiary/aromatic N) is 1. The smallest absolute Gasteiger partial charge is 0.271 e. The first-order valence-electron chi connectivity index (χ1n) is 6.92. The summed E-state index contributed by atoms with van der Waals surface area (Å²) in [6, 6.07) is 3.84. The van der Waals surface area contributed by atoms with Crippen LogP contribution in [0.4, 0.5) is 5.69 Å². The molecule has 0 unspecified atom stereocenters. The fourth-order valence-electron chi connectivity index (χ4n) is 2.60. The number of halogens is 2. The van der Waals surface area contributed by atoms with Gasteiger partial charge in [-0.15, -0.1) is 12.4 Å². The summed E-state index contributed by atoms with van der Waals surface area (Å²) in [6.07, 6.45) is 5.06. The summed E-state index contributed by atoms with van der Waals surface area (Å²) in [4.78, 5) is 22.3. The van der Waals surface area contributed by atoms with Gasteiger partial charge < -0.3 is 11.1 Å². The van der Waals surface area contributed by atoms with E-state index in [-0.39, 0.29) is 34.2 Å². The Bertz CT molecular complexity index is 560. The molecule has 1 fully saturated rings. The molecule has 22 heavy (non-hydrogen) atoms. The van der Waals surface area contributed by atoms with E-state index in [1.807, 2.05) is 0 Å². The van der Waals surface area contributed by atoms with E-state index in [0.29, 0.717) is 6.54 Å². The molecular formula is C14H19Cl2N3O3. The van der Waals surface area contributed by atoms with Crippen LogP contribution in [0.5, 0.6) is 0 Å². The number of non-ortho nitro benzene ring substituents is 1. The SMILES string of the molecule is Cl.NC1(CNC(=O)c2cc(Cl)cc([N+](=O)[O-])c2)CCCCC1. The van der Waals surface area contributed by atoms with Gasteiger partial charge in [0.1, 0.15) is 0 Å². The summed E-state index contributed by atoms with van der Waals surface area (Å²) < 4.78 is 0. The molecule has 0 saturated heterocycles. The van der Waals surface area contributed by atoms with Crippen molar-refractivity contribution in [2.45, 2.75) is 37.6 Å². The lowest BCUT2D eigenvalue weighted by Gasteiger charge is -2.33. The van der Waals surface area contributed by atoms with Crippen molar-refractivity contribution in [3.05, 3.63) is 38.9 Å². The van der Waals surface area contributed by atoms with Gasteiger partial charge in [-0.2, -0.15) is 0 Å². The van der Waals surface area contributed by atoms with Crippen molar-refractivity contribution in [2.75, 3.05) is 6.54 Å². The van der Waals surface area contributed by atoms with Crippen molar-refractivity contribution in [1.82, 2.24) is 5.32 Å². The standard InChI is InChI=1S/C14H18ClN3O3.ClH/c15-11-6-10(7-12(8-11)18(20)21)13(19)17-9-14(16)4-2-1-3-5-14;/h6-8H,1-5,9,16H2,(H,17,19);1H. The van der Waals surface area contributed by atoms with E-state index in [1.165, 1.54) is 24.6 Å². The summed E-state index contributed by atoms with van der Waals surface area (Å²) in [7, 11) is 0. The highest BCUT2D eigenvalue weighted by Crippen LogP contribution is 2.25. The zero-order valence-corrected chi connectivity index (χ0v) is 13.6. The maximum Gasteiger partial charge on any atom is 0.271 e. The lowest BCUT2D eigenvalue weighted by molar-refractivity contribution is -0.384. The fourth-order valence-corrected chi connectivity index (χ4v) is 2.83. The van der Waals surface area contributed by atoms with Gasteiger partial charge in [0.2, 0.25) is 0 Å². The van der Waals surface area contributed by atoms with E-state index in [1.54, 1.807) is 0 Å². The zero-order chi connectivity index (χ0) is 15.5. The van der Waals surface area contributed by atoms with E-state index in [2.05, 4.69) is 5.32 Å². The molecule has 122 valence electrons. The van der Waals surface area contributed by atoms with Gasteiger partial charge in [0, 0.05) is 34.8 Å². The highest BCUT2D eigenvalue weighted by atomic mass is 35.5. The molecule has 0 atom stereocenters. The van der Waals surface area contributed by atoms with Gasteiger partial charge in [-0.1, -0.05) is 30.9 Å². The maximum atomic E-state index is 12.1. The topological polar surface area (TPSA) is 98.3 Å². The Balaban J connectivity index is 0.00000242. The lowest BCUT2D eigenvalue weighted by atomic mass is 9.82. The van der Waals surface area contributed by atoms with E-state index in [0.717, 1.165) is 25.7 Å². The Hall–Kier alpha value is -1.37. The van der Waals surface area contributed by atoms with Crippen molar-refractivity contribution < 1.29 is 9.72 Å². The van der Waals surface area contributed by atoms with Crippen LogP contribution >= 0.6 is 24.0 Å². The predicted octanol–water partition coefficient (Wildman–Crippen LogP) is 3.06. The summed E-state index contributed by atoms with van der Waals surface area (Å²) in [5.74, 6) is -0.393. The number of benzene rings is 1. The van der Waals surface area contributed by atoms with E-state index >= 15 is 0 Å². The quantitative estimate of drug-likeness (QED) is 0.645. The number of hydrogen-bond acceptors (Lipinski definition) is 4. The molecule has 1 amide bonds. The Morgan fingerprint density at radius 3 is 2.55 bits per heavy atom. The van der Waals surface area contributed by atoms with E-state index < -0.39 is 10.8 Å². The largest absolute Gasteiger partial charge is 0.350 e. The number of nitro benzene ring substituents is 1. The van der Waals surface area contributed by atoms with Crippen LogP contribution in [0.3, 0.4) is 0 Å². The van der Waals surface area contributed by atoms with E-state index in [4.69, 9.17) is 17.3 Å². The van der Waals surface area contributed by atoms with Crippen LogP contribution < -0.4 is 11.1 Å². The minimum absolute atomic E-state index is 0. The lowest BCUT2D eigenvalue weighted by Crippen LogP contribution is -2.51. The average Bonchev–Trinajstić information content (AvgIpc) is 2.45. The van der Waals surface area contributed by atoms with Crippen molar-refractivity contribution in [2.24, 2.45) is 5.73 Å². The van der Waals surface area contributed by atoms with Crippen molar-refractivity contribution in [1.29, 1.82) is 0 Å². The Morgan fingerprint density at radius 1 is 1.32 bits per heavy atom. The average molecular weight is 348 g/mol. The molecule has 0 heterocycles. The highest BCUT2D eigenvalue weighted by molar-refractivity contribution is 6.31. The molecule has 2 rings (SSSR count). The number of nitrogens with two attached hydrogens (primary N) is 1. The number of hydrogen-bond donors (Lipinski definition) is 2. The van der Waals surface area contributed by atoms with Crippen molar-refractivity contribution >= 4 is 35.6 Å². The molecule has 3 N–H and O–H groups in total. The van der Waals surface area contributed by atoms with Gasteiger partial charge in [0.05, 0.1) is 4.92 Å². The normalized spacial score (nSPS) is 16.5. The molecule has 1 aromatic rings. The third-order valence-corrected chi connectivity index (χ3v) is 4.02. The van der Waals surface area contributed by atoms with Gasteiger partial charge in [0.15, 0.2) is 0 Å². The van der Waals surface area contributed by atoms with Crippen LogP contribution in [0.15, 0.2) is 18.2 Å². The monoisotopic (exact) mass is 347 g/mol. The first-order chi connectivity index (χ1) is 9.89. The second kappa shape index (κ2) is 7.76. The molecule has 6 nitrogen and oxygen atoms in total. The van der Waals surface area contributed by atoms with Crippen LogP contribution in [-0.2, 0) is 0 Å². The highest BCUT2D eigenvalue weighted by Gasteiger charge is 2.28. The zero-order valence-electron chi connectivity index (χ0n) is 12.0. The summed E-state index contributed by atoms with van der Waals surface area (Å²) >= 11 is 5.81. The van der Waals surface area contributed by atoms with Crippen LogP contribution in [0.1, 0.15) is 42.5 Å². The van der Waals surface area contributed by atoms with Crippen LogP contribution in [0.2, 0.25) is 5.02 Å². The van der Waals surface area contributed by atoms with Crippen LogP contribution in [-0.4, -0.2) is 22.9 Å². The summed E-state index contributed by atoms with van der Waals surface area (Å²) in [6.45, 7) is 0.367. The molecule has 0 aromatic heterocycles. The molecule has 0 radical (unpaired) electrons. The molecule has 1 aromatic carbocycles. The number of carbonyl (C=O) groups excluding carboxylic acids is 1. The first-order valence-corrected chi connectivity index (χ1v) is 7.29. The molecule has 0 spiro atoms. The molecular weight excluding hydrogens is 329 g/mol. The van der Waals surface area contributed by atoms with Crippen LogP contribution in [0.25, 0.3) is 0 Å². The minimum Gasteiger partial charge on any atom is -0.350 e. The van der Waals surface area contributed by atoms with Crippen molar-refractivity contribution in [3.8, 4) is 0 Å². The first kappa shape index (κ1) is 18.7. The molecule has 1 aliphatic carbocycles. The van der Waals surface area contributed by atoms with E-state index in [9.17, 15) is 14.9 Å². The summed E-state index contributed by atoms with van der Waals surface area (Å²) in [5, 5.41) is 13.7. The molecule has 0 aliphatic heterocycles. The predicted molar refractivity (Wildman–Crippen MR) is 87.7 cm³/mol. The summed E-state index contributed by atoms with van der Waals surface area (Å²) in [5.41, 5.74) is 5.84. The third kappa shape index (κ3) is 4.83. The second-order valence-corrected chi connectivity index (χ2v) is 6.00. The molecule has 0 bridgehead atoms. The number of carbonyl (C=O) groups is 1. The van der Waals surface area contributed by atoms with Gasteiger partial charge in [-0.05, 0) is 18.9 Å². The van der Waals surface area contributed by atoms with Gasteiger partial charge >= 0.3 is 0 Å². The molecule has 8 heteroatoms. The Kier molecular flexibility index (Phi) is 6.59. The number of nitrogens with one attached hydrogen (secondary N) is 1. The Morgan fingerprint density at radius 2 is 1.95 bits per heavy atom. The Labute approximate surface area is 140 Å². The fraction of sp³-hybridized carbons (Fsp3) is 0.500. The third-order valence-electron chi connectivity index (χ3n) is 3.81. The molecule has 1 saturated carbocycles. The van der Waals surface area contributed by atoms with Gasteiger partial charge in [-0.25, -0.2) is 0 Å². The van der Waals surface area contributed by atoms with Gasteiger partial charge in [0.25, 0.3) is 11.6 Å². The molecule has 1 aliphatic rings. The van der Waals surface area contributed by atoms with Crippen molar-refractivity contribution in [3.63, 3.8) is 0 Å². The minimum atomic E-state index is -0.575. The number of nitro groups is 1. The second-order valence-electron chi connectivity index (χ2n) is 5.56. The van der Waals surface area contributed by atoms with Gasteiger partial charge in [-0.3, -0.25) is 14.9 Å².